The fourth-order valence-corrected chi connectivity index (χ4v) is 2.25. The van der Waals surface area contributed by atoms with Crippen LogP contribution >= 0.6 is 0 Å². The molecular weight excluding hydrogens is 284 g/mol. The molecule has 0 fully saturated rings. The SMILES string of the molecule is CCCCCC[C@@H](NC(=O)[C@H](CC(C)C)NC(C)=O)C(=O)O. The van der Waals surface area contributed by atoms with Crippen molar-refractivity contribution in [2.45, 2.75) is 78.3 Å². The van der Waals surface area contributed by atoms with Crippen LogP contribution in [0.5, 0.6) is 0 Å². The van der Waals surface area contributed by atoms with Crippen molar-refractivity contribution in [2.24, 2.45) is 5.92 Å². The number of hydrogen-bond donors (Lipinski definition) is 3. The second-order valence-corrected chi connectivity index (χ2v) is 6.13. The lowest BCUT2D eigenvalue weighted by molar-refractivity contribution is -0.142. The maximum atomic E-state index is 12.2. The first-order chi connectivity index (χ1) is 10.3. The van der Waals surface area contributed by atoms with Gasteiger partial charge in [-0.3, -0.25) is 9.59 Å². The highest BCUT2D eigenvalue weighted by Crippen LogP contribution is 2.09. The minimum atomic E-state index is -1.03. The third kappa shape index (κ3) is 9.37. The average molecular weight is 314 g/mol. The molecule has 6 nitrogen and oxygen atoms in total. The normalized spacial score (nSPS) is 13.5. The van der Waals surface area contributed by atoms with E-state index in [9.17, 15) is 19.5 Å². The number of hydrogen-bond acceptors (Lipinski definition) is 3. The zero-order valence-electron chi connectivity index (χ0n) is 14.1. The summed E-state index contributed by atoms with van der Waals surface area (Å²) >= 11 is 0. The summed E-state index contributed by atoms with van der Waals surface area (Å²) in [6.07, 6.45) is 4.74. The van der Waals surface area contributed by atoms with Crippen molar-refractivity contribution < 1.29 is 19.5 Å². The summed E-state index contributed by atoms with van der Waals surface area (Å²) in [5, 5.41) is 14.4. The molecular formula is C16H30N2O4. The summed E-state index contributed by atoms with van der Waals surface area (Å²) in [7, 11) is 0. The van der Waals surface area contributed by atoms with Gasteiger partial charge in [-0.2, -0.15) is 0 Å². The Hall–Kier alpha value is -1.59. The summed E-state index contributed by atoms with van der Waals surface area (Å²) < 4.78 is 0. The second-order valence-electron chi connectivity index (χ2n) is 6.13. The number of carbonyl (C=O) groups is 3. The van der Waals surface area contributed by atoms with Crippen LogP contribution in [0.4, 0.5) is 0 Å². The maximum Gasteiger partial charge on any atom is 0.326 e. The van der Waals surface area contributed by atoms with Gasteiger partial charge < -0.3 is 15.7 Å². The van der Waals surface area contributed by atoms with E-state index in [-0.39, 0.29) is 11.8 Å². The molecule has 0 aromatic heterocycles. The molecule has 6 heteroatoms. The van der Waals surface area contributed by atoms with Crippen LogP contribution in [0.15, 0.2) is 0 Å². The average Bonchev–Trinajstić information content (AvgIpc) is 2.39. The van der Waals surface area contributed by atoms with Crippen LogP contribution in [0.3, 0.4) is 0 Å². The molecule has 0 spiro atoms. The van der Waals surface area contributed by atoms with Crippen molar-refractivity contribution in [3.05, 3.63) is 0 Å². The second kappa shape index (κ2) is 11.0. The van der Waals surface area contributed by atoms with Gasteiger partial charge in [-0.1, -0.05) is 46.5 Å². The number of aliphatic carboxylic acids is 1. The van der Waals surface area contributed by atoms with Crippen molar-refractivity contribution in [1.29, 1.82) is 0 Å². The molecule has 0 aliphatic heterocycles. The van der Waals surface area contributed by atoms with Crippen molar-refractivity contribution in [1.82, 2.24) is 10.6 Å². The number of carboxylic acid groups (broad SMARTS) is 1. The lowest BCUT2D eigenvalue weighted by Gasteiger charge is -2.22. The van der Waals surface area contributed by atoms with E-state index >= 15 is 0 Å². The number of carboxylic acids is 1. The molecule has 3 N–H and O–H groups in total. The Morgan fingerprint density at radius 3 is 2.09 bits per heavy atom. The van der Waals surface area contributed by atoms with E-state index in [2.05, 4.69) is 17.6 Å². The smallest absolute Gasteiger partial charge is 0.326 e. The summed E-state index contributed by atoms with van der Waals surface area (Å²) in [5.74, 6) is -1.53. The van der Waals surface area contributed by atoms with Crippen LogP contribution in [-0.2, 0) is 14.4 Å². The summed E-state index contributed by atoms with van der Waals surface area (Å²) in [5.41, 5.74) is 0. The molecule has 0 bridgehead atoms. The van der Waals surface area contributed by atoms with Crippen LogP contribution in [0.2, 0.25) is 0 Å². The van der Waals surface area contributed by atoms with Gasteiger partial charge in [0.15, 0.2) is 0 Å². The molecule has 0 aromatic carbocycles. The first-order valence-corrected chi connectivity index (χ1v) is 8.08. The quantitative estimate of drug-likeness (QED) is 0.509. The van der Waals surface area contributed by atoms with Crippen LogP contribution in [0, 0.1) is 5.92 Å². The summed E-state index contributed by atoms with van der Waals surface area (Å²) in [4.78, 5) is 34.7. The minimum Gasteiger partial charge on any atom is -0.480 e. The van der Waals surface area contributed by atoms with Crippen LogP contribution in [0.25, 0.3) is 0 Å². The van der Waals surface area contributed by atoms with Gasteiger partial charge >= 0.3 is 5.97 Å². The van der Waals surface area contributed by atoms with E-state index in [1.54, 1.807) is 0 Å². The highest BCUT2D eigenvalue weighted by Gasteiger charge is 2.26. The number of carbonyl (C=O) groups excluding carboxylic acids is 2. The van der Waals surface area contributed by atoms with Crippen molar-refractivity contribution in [2.75, 3.05) is 0 Å². The van der Waals surface area contributed by atoms with Crippen molar-refractivity contribution >= 4 is 17.8 Å². The van der Waals surface area contributed by atoms with Gasteiger partial charge in [-0.25, -0.2) is 4.79 Å². The lowest BCUT2D eigenvalue weighted by atomic mass is 10.0. The molecule has 128 valence electrons. The zero-order valence-corrected chi connectivity index (χ0v) is 14.1. The Morgan fingerprint density at radius 2 is 1.64 bits per heavy atom. The number of unbranched alkanes of at least 4 members (excludes halogenated alkanes) is 3. The standard InChI is InChI=1S/C16H30N2O4/c1-5-6-7-8-9-13(16(21)22)18-15(20)14(10-11(2)3)17-12(4)19/h11,13-14H,5-10H2,1-4H3,(H,17,19)(H,18,20)(H,21,22)/t13-,14+/m1/s1. The molecule has 0 heterocycles. The third-order valence-corrected chi connectivity index (χ3v) is 3.36. The predicted octanol–water partition coefficient (Wildman–Crippen LogP) is 2.08. The summed E-state index contributed by atoms with van der Waals surface area (Å²) in [6.45, 7) is 7.32. The third-order valence-electron chi connectivity index (χ3n) is 3.36. The molecule has 0 saturated carbocycles. The largest absolute Gasteiger partial charge is 0.480 e. The Bertz CT molecular complexity index is 369. The molecule has 2 amide bonds. The molecule has 0 saturated heterocycles. The Kier molecular flexibility index (Phi) is 10.2. The van der Waals surface area contributed by atoms with E-state index in [1.165, 1.54) is 6.92 Å². The van der Waals surface area contributed by atoms with Gasteiger partial charge in [0, 0.05) is 6.92 Å². The first-order valence-electron chi connectivity index (χ1n) is 8.08. The molecule has 0 aliphatic carbocycles. The van der Waals surface area contributed by atoms with Gasteiger partial charge in [-0.05, 0) is 18.8 Å². The molecule has 0 radical (unpaired) electrons. The topological polar surface area (TPSA) is 95.5 Å². The van der Waals surface area contributed by atoms with E-state index < -0.39 is 24.0 Å². The zero-order chi connectivity index (χ0) is 17.1. The van der Waals surface area contributed by atoms with E-state index in [4.69, 9.17) is 0 Å². The Labute approximate surface area is 133 Å². The number of rotatable bonds is 11. The maximum absolute atomic E-state index is 12.2. The fourth-order valence-electron chi connectivity index (χ4n) is 2.25. The van der Waals surface area contributed by atoms with Gasteiger partial charge in [0.05, 0.1) is 0 Å². The van der Waals surface area contributed by atoms with Gasteiger partial charge in [0.2, 0.25) is 11.8 Å². The highest BCUT2D eigenvalue weighted by molar-refractivity contribution is 5.89. The van der Waals surface area contributed by atoms with Crippen LogP contribution in [0.1, 0.15) is 66.2 Å². The van der Waals surface area contributed by atoms with Crippen molar-refractivity contribution in [3.63, 3.8) is 0 Å². The number of nitrogens with one attached hydrogen (secondary N) is 2. The minimum absolute atomic E-state index is 0.218. The molecule has 0 unspecified atom stereocenters. The summed E-state index contributed by atoms with van der Waals surface area (Å²) in [6, 6.07) is -1.58. The van der Waals surface area contributed by atoms with E-state index in [1.807, 2.05) is 13.8 Å². The molecule has 0 aromatic rings. The van der Waals surface area contributed by atoms with E-state index in [0.717, 1.165) is 25.7 Å². The first kappa shape index (κ1) is 20.4. The molecule has 0 aliphatic rings. The highest BCUT2D eigenvalue weighted by atomic mass is 16.4. The van der Waals surface area contributed by atoms with Crippen LogP contribution in [-0.4, -0.2) is 35.0 Å². The molecule has 22 heavy (non-hydrogen) atoms. The molecule has 2 atom stereocenters. The van der Waals surface area contributed by atoms with Crippen LogP contribution < -0.4 is 10.6 Å². The lowest BCUT2D eigenvalue weighted by Crippen LogP contribution is -2.51. The van der Waals surface area contributed by atoms with Crippen molar-refractivity contribution in [3.8, 4) is 0 Å². The predicted molar refractivity (Wildman–Crippen MR) is 85.4 cm³/mol. The molecule has 0 rings (SSSR count). The van der Waals surface area contributed by atoms with Gasteiger partial charge in [-0.15, -0.1) is 0 Å². The van der Waals surface area contributed by atoms with Gasteiger partial charge in [0.25, 0.3) is 0 Å². The van der Waals surface area contributed by atoms with Gasteiger partial charge in [0.1, 0.15) is 12.1 Å². The Balaban J connectivity index is 4.60. The van der Waals surface area contributed by atoms with E-state index in [0.29, 0.717) is 12.8 Å². The fraction of sp³-hybridized carbons (Fsp3) is 0.812. The Morgan fingerprint density at radius 1 is 1.00 bits per heavy atom. The monoisotopic (exact) mass is 314 g/mol. The number of amides is 2.